The van der Waals surface area contributed by atoms with Crippen molar-refractivity contribution in [2.24, 2.45) is 4.99 Å². The Morgan fingerprint density at radius 2 is 2.04 bits per heavy atom. The zero-order chi connectivity index (χ0) is 16.7. The van der Waals surface area contributed by atoms with Crippen molar-refractivity contribution in [2.45, 2.75) is 13.1 Å². The molecule has 24 heavy (non-hydrogen) atoms. The van der Waals surface area contributed by atoms with Crippen LogP contribution < -0.4 is 10.1 Å². The van der Waals surface area contributed by atoms with Crippen molar-refractivity contribution in [3.63, 3.8) is 0 Å². The second-order valence-corrected chi connectivity index (χ2v) is 5.06. The van der Waals surface area contributed by atoms with Crippen LogP contribution in [0.1, 0.15) is 11.3 Å². The number of methoxy groups -OCH3 is 1. The van der Waals surface area contributed by atoms with Crippen LogP contribution in [0.25, 0.3) is 0 Å². The number of benzene rings is 1. The Morgan fingerprint density at radius 3 is 2.71 bits per heavy atom. The van der Waals surface area contributed by atoms with E-state index < -0.39 is 0 Å². The highest BCUT2D eigenvalue weighted by atomic mass is 127. The molecule has 0 bridgehead atoms. The van der Waals surface area contributed by atoms with Crippen molar-refractivity contribution < 1.29 is 9.13 Å². The Bertz CT molecular complexity index is 681. The molecule has 130 valence electrons. The van der Waals surface area contributed by atoms with Gasteiger partial charge in [0.15, 0.2) is 5.96 Å². The summed E-state index contributed by atoms with van der Waals surface area (Å²) in [6.45, 7) is 1.08. The molecule has 2 aromatic rings. The molecule has 2 rings (SSSR count). The van der Waals surface area contributed by atoms with Crippen molar-refractivity contribution in [3.05, 3.63) is 59.5 Å². The molecule has 0 aliphatic heterocycles. The summed E-state index contributed by atoms with van der Waals surface area (Å²) in [5.41, 5.74) is 1.74. The monoisotopic (exact) mass is 444 g/mol. The number of hydrogen-bond donors (Lipinski definition) is 1. The molecule has 1 heterocycles. The number of halogens is 2. The number of hydrogen-bond acceptors (Lipinski definition) is 3. The van der Waals surface area contributed by atoms with Crippen LogP contribution in [0.2, 0.25) is 0 Å². The lowest BCUT2D eigenvalue weighted by Crippen LogP contribution is -2.38. The van der Waals surface area contributed by atoms with E-state index in [4.69, 9.17) is 4.74 Å². The summed E-state index contributed by atoms with van der Waals surface area (Å²) >= 11 is 0. The maximum Gasteiger partial charge on any atom is 0.213 e. The van der Waals surface area contributed by atoms with E-state index in [0.717, 1.165) is 11.3 Å². The smallest absolute Gasteiger partial charge is 0.213 e. The van der Waals surface area contributed by atoms with Gasteiger partial charge in [-0.05, 0) is 23.8 Å². The summed E-state index contributed by atoms with van der Waals surface area (Å²) in [5.74, 6) is 1.05. The van der Waals surface area contributed by atoms with Gasteiger partial charge in [0, 0.05) is 26.7 Å². The van der Waals surface area contributed by atoms with Crippen LogP contribution in [0.4, 0.5) is 4.39 Å². The van der Waals surface area contributed by atoms with Crippen LogP contribution in [-0.4, -0.2) is 37.0 Å². The molecule has 0 unspecified atom stereocenters. The molecule has 0 spiro atoms. The lowest BCUT2D eigenvalue weighted by atomic mass is 10.2. The average Bonchev–Trinajstić information content (AvgIpc) is 2.55. The molecule has 0 aliphatic rings. The van der Waals surface area contributed by atoms with Gasteiger partial charge in [0.1, 0.15) is 5.82 Å². The highest BCUT2D eigenvalue weighted by Crippen LogP contribution is 2.08. The zero-order valence-electron chi connectivity index (χ0n) is 14.0. The minimum atomic E-state index is -0.237. The minimum Gasteiger partial charge on any atom is -0.481 e. The van der Waals surface area contributed by atoms with E-state index in [1.807, 2.05) is 30.1 Å². The van der Waals surface area contributed by atoms with Gasteiger partial charge in [-0.2, -0.15) is 0 Å². The first-order valence-corrected chi connectivity index (χ1v) is 7.28. The van der Waals surface area contributed by atoms with Gasteiger partial charge in [-0.15, -0.1) is 24.0 Å². The number of aromatic nitrogens is 1. The maximum absolute atomic E-state index is 13.3. The Kier molecular flexibility index (Phi) is 8.45. The first kappa shape index (κ1) is 20.1. The van der Waals surface area contributed by atoms with E-state index in [1.54, 1.807) is 26.3 Å². The van der Waals surface area contributed by atoms with Crippen molar-refractivity contribution in [1.29, 1.82) is 0 Å². The van der Waals surface area contributed by atoms with Gasteiger partial charge < -0.3 is 15.0 Å². The van der Waals surface area contributed by atoms with E-state index in [0.29, 0.717) is 24.9 Å². The van der Waals surface area contributed by atoms with Gasteiger partial charge in [0.25, 0.3) is 0 Å². The lowest BCUT2D eigenvalue weighted by Gasteiger charge is -2.22. The molecule has 7 heteroatoms. The molecule has 5 nitrogen and oxygen atoms in total. The summed E-state index contributed by atoms with van der Waals surface area (Å²) in [6, 6.07) is 12.1. The van der Waals surface area contributed by atoms with E-state index >= 15 is 0 Å². The number of nitrogens with zero attached hydrogens (tertiary/aromatic N) is 3. The normalized spacial score (nSPS) is 10.8. The Labute approximate surface area is 159 Å². The third-order valence-electron chi connectivity index (χ3n) is 3.30. The number of ether oxygens (including phenoxy) is 1. The molecule has 0 atom stereocenters. The second kappa shape index (κ2) is 10.1. The molecule has 0 aliphatic carbocycles. The second-order valence-electron chi connectivity index (χ2n) is 5.06. The molecule has 1 N–H and O–H groups in total. The SMILES string of the molecule is CN=C(NCc1cccc(OC)n1)N(C)Cc1cccc(F)c1.I. The fourth-order valence-electron chi connectivity index (χ4n) is 2.21. The van der Waals surface area contributed by atoms with Gasteiger partial charge in [0.05, 0.1) is 19.3 Å². The maximum atomic E-state index is 13.3. The Balaban J connectivity index is 0.00000288. The molecule has 1 aromatic heterocycles. The summed E-state index contributed by atoms with van der Waals surface area (Å²) < 4.78 is 18.4. The van der Waals surface area contributed by atoms with Crippen molar-refractivity contribution >= 4 is 29.9 Å². The van der Waals surface area contributed by atoms with Crippen LogP contribution >= 0.6 is 24.0 Å². The minimum absolute atomic E-state index is 0. The predicted molar refractivity (Wildman–Crippen MR) is 104 cm³/mol. The third kappa shape index (κ3) is 5.95. The van der Waals surface area contributed by atoms with Gasteiger partial charge in [-0.3, -0.25) is 4.99 Å². The Hall–Kier alpha value is -1.90. The number of guanidine groups is 1. The van der Waals surface area contributed by atoms with Gasteiger partial charge in [-0.25, -0.2) is 9.37 Å². The average molecular weight is 444 g/mol. The van der Waals surface area contributed by atoms with Crippen molar-refractivity contribution in [1.82, 2.24) is 15.2 Å². The number of aliphatic imine (C=N–C) groups is 1. The standard InChI is InChI=1S/C17H21FN4O.HI/c1-19-17(20-11-15-8-5-9-16(21-15)23-3)22(2)12-13-6-4-7-14(18)10-13;/h4-10H,11-12H2,1-3H3,(H,19,20);1H. The van der Waals surface area contributed by atoms with Crippen LogP contribution in [0.3, 0.4) is 0 Å². The highest BCUT2D eigenvalue weighted by molar-refractivity contribution is 14.0. The number of rotatable bonds is 5. The zero-order valence-corrected chi connectivity index (χ0v) is 16.3. The molecule has 0 radical (unpaired) electrons. The largest absolute Gasteiger partial charge is 0.481 e. The predicted octanol–water partition coefficient (Wildman–Crippen LogP) is 3.05. The van der Waals surface area contributed by atoms with Crippen molar-refractivity contribution in [3.8, 4) is 5.88 Å². The fourth-order valence-corrected chi connectivity index (χ4v) is 2.21. The van der Waals surface area contributed by atoms with Crippen LogP contribution in [0.15, 0.2) is 47.5 Å². The van der Waals surface area contributed by atoms with E-state index in [2.05, 4.69) is 15.3 Å². The first-order chi connectivity index (χ1) is 11.1. The summed E-state index contributed by atoms with van der Waals surface area (Å²) in [4.78, 5) is 10.5. The summed E-state index contributed by atoms with van der Waals surface area (Å²) in [7, 11) is 5.20. The molecule has 0 saturated heterocycles. The first-order valence-electron chi connectivity index (χ1n) is 7.28. The highest BCUT2D eigenvalue weighted by Gasteiger charge is 2.08. The number of nitrogens with one attached hydrogen (secondary N) is 1. The Morgan fingerprint density at radius 1 is 1.29 bits per heavy atom. The third-order valence-corrected chi connectivity index (χ3v) is 3.30. The molecule has 0 saturated carbocycles. The van der Waals surface area contributed by atoms with Gasteiger partial charge in [0.2, 0.25) is 5.88 Å². The molecular weight excluding hydrogens is 422 g/mol. The molecule has 0 amide bonds. The topological polar surface area (TPSA) is 49.8 Å². The van der Waals surface area contributed by atoms with E-state index in [1.165, 1.54) is 12.1 Å². The quantitative estimate of drug-likeness (QED) is 0.438. The van der Waals surface area contributed by atoms with E-state index in [-0.39, 0.29) is 29.8 Å². The fraction of sp³-hybridized carbons (Fsp3) is 0.294. The summed E-state index contributed by atoms with van der Waals surface area (Å²) in [5, 5.41) is 3.24. The molecular formula is C17H22FIN4O. The van der Waals surface area contributed by atoms with Crippen molar-refractivity contribution in [2.75, 3.05) is 21.2 Å². The molecule has 0 fully saturated rings. The van der Waals surface area contributed by atoms with Crippen LogP contribution in [0.5, 0.6) is 5.88 Å². The van der Waals surface area contributed by atoms with Gasteiger partial charge in [-0.1, -0.05) is 18.2 Å². The molecule has 1 aromatic carbocycles. The lowest BCUT2D eigenvalue weighted by molar-refractivity contribution is 0.396. The van der Waals surface area contributed by atoms with Crippen LogP contribution in [0, 0.1) is 5.82 Å². The van der Waals surface area contributed by atoms with Gasteiger partial charge >= 0.3 is 0 Å². The van der Waals surface area contributed by atoms with E-state index in [9.17, 15) is 4.39 Å². The number of pyridine rings is 1. The van der Waals surface area contributed by atoms with Crippen LogP contribution in [-0.2, 0) is 13.1 Å². The summed E-state index contributed by atoms with van der Waals surface area (Å²) in [6.07, 6.45) is 0.